The molecule has 3 heterocycles. The van der Waals surface area contributed by atoms with Crippen molar-refractivity contribution in [1.29, 1.82) is 0 Å². The van der Waals surface area contributed by atoms with Crippen molar-refractivity contribution in [1.82, 2.24) is 15.2 Å². The zero-order valence-electron chi connectivity index (χ0n) is 15.7. The second kappa shape index (κ2) is 6.72. The highest BCUT2D eigenvalue weighted by molar-refractivity contribution is 6.08. The maximum Gasteiger partial charge on any atom is 0.240 e. The Balaban J connectivity index is 1.16. The topological polar surface area (TPSA) is 82.6 Å². The van der Waals surface area contributed by atoms with Crippen molar-refractivity contribution in [2.24, 2.45) is 23.7 Å². The van der Waals surface area contributed by atoms with Crippen LogP contribution in [0.3, 0.4) is 0 Å². The first-order valence-electron chi connectivity index (χ1n) is 10.1. The molecule has 4 unspecified atom stereocenters. The molecule has 1 N–H and O–H groups in total. The van der Waals surface area contributed by atoms with Gasteiger partial charge in [0.2, 0.25) is 17.7 Å². The largest absolute Gasteiger partial charge is 0.357 e. The van der Waals surface area contributed by atoms with Crippen molar-refractivity contribution in [3.63, 3.8) is 0 Å². The number of pyridine rings is 1. The summed E-state index contributed by atoms with van der Waals surface area (Å²) in [6, 6.07) is 3.94. The number of anilines is 1. The Labute approximate surface area is 163 Å². The van der Waals surface area contributed by atoms with Gasteiger partial charge in [0, 0.05) is 25.8 Å². The molecule has 5 rings (SSSR count). The number of amides is 3. The van der Waals surface area contributed by atoms with Gasteiger partial charge in [-0.05, 0) is 42.7 Å². The normalized spacial score (nSPS) is 30.4. The van der Waals surface area contributed by atoms with Crippen LogP contribution >= 0.6 is 0 Å². The van der Waals surface area contributed by atoms with E-state index in [4.69, 9.17) is 0 Å². The molecule has 1 saturated carbocycles. The average molecular weight is 380 g/mol. The Bertz CT molecular complexity index is 814. The lowest BCUT2D eigenvalue weighted by Crippen LogP contribution is -2.41. The van der Waals surface area contributed by atoms with Gasteiger partial charge in [0.15, 0.2) is 0 Å². The van der Waals surface area contributed by atoms with E-state index in [9.17, 15) is 14.4 Å². The molecular formula is C21H24N4O3. The predicted octanol–water partition coefficient (Wildman–Crippen LogP) is 1.11. The summed E-state index contributed by atoms with van der Waals surface area (Å²) in [6.45, 7) is 2.23. The lowest BCUT2D eigenvalue weighted by Gasteiger charge is -2.17. The van der Waals surface area contributed by atoms with Crippen LogP contribution in [0, 0.1) is 23.7 Å². The van der Waals surface area contributed by atoms with Gasteiger partial charge in [-0.15, -0.1) is 0 Å². The first kappa shape index (κ1) is 17.4. The van der Waals surface area contributed by atoms with Crippen LogP contribution in [0.15, 0.2) is 30.5 Å². The summed E-state index contributed by atoms with van der Waals surface area (Å²) in [5.74, 6) is 0.119. The Kier molecular flexibility index (Phi) is 4.18. The molecule has 1 aromatic rings. The van der Waals surface area contributed by atoms with Crippen LogP contribution in [-0.2, 0) is 20.9 Å². The first-order chi connectivity index (χ1) is 13.6. The van der Waals surface area contributed by atoms with Crippen molar-refractivity contribution >= 4 is 23.5 Å². The minimum Gasteiger partial charge on any atom is -0.357 e. The number of aromatic nitrogens is 1. The fourth-order valence-electron chi connectivity index (χ4n) is 5.17. The number of rotatable bonds is 5. The number of nitrogens with zero attached hydrogens (tertiary/aromatic N) is 3. The molecular weight excluding hydrogens is 356 g/mol. The van der Waals surface area contributed by atoms with Crippen molar-refractivity contribution in [3.8, 4) is 0 Å². The smallest absolute Gasteiger partial charge is 0.240 e. The van der Waals surface area contributed by atoms with Gasteiger partial charge in [-0.3, -0.25) is 19.3 Å². The Morgan fingerprint density at radius 2 is 1.75 bits per heavy atom. The molecule has 3 fully saturated rings. The molecule has 0 aromatic carbocycles. The van der Waals surface area contributed by atoms with E-state index in [0.29, 0.717) is 6.54 Å². The summed E-state index contributed by atoms with van der Waals surface area (Å²) in [5.41, 5.74) is 0.898. The van der Waals surface area contributed by atoms with Gasteiger partial charge in [-0.1, -0.05) is 18.2 Å². The lowest BCUT2D eigenvalue weighted by molar-refractivity contribution is -0.144. The summed E-state index contributed by atoms with van der Waals surface area (Å²) >= 11 is 0. The van der Waals surface area contributed by atoms with E-state index in [1.54, 1.807) is 6.20 Å². The minimum absolute atomic E-state index is 0.166. The van der Waals surface area contributed by atoms with Crippen LogP contribution < -0.4 is 10.2 Å². The zero-order chi connectivity index (χ0) is 19.3. The Hall–Kier alpha value is -2.70. The molecule has 1 aromatic heterocycles. The third kappa shape index (κ3) is 2.80. The molecule has 3 amide bonds. The molecule has 2 aliphatic heterocycles. The van der Waals surface area contributed by atoms with Gasteiger partial charge in [0.25, 0.3) is 0 Å². The van der Waals surface area contributed by atoms with E-state index in [1.807, 2.05) is 12.1 Å². The van der Waals surface area contributed by atoms with Gasteiger partial charge in [0.1, 0.15) is 12.4 Å². The summed E-state index contributed by atoms with van der Waals surface area (Å²) < 4.78 is 0. The van der Waals surface area contributed by atoms with Crippen molar-refractivity contribution in [3.05, 3.63) is 36.0 Å². The molecule has 7 heteroatoms. The van der Waals surface area contributed by atoms with Crippen molar-refractivity contribution in [2.45, 2.75) is 25.8 Å². The van der Waals surface area contributed by atoms with Gasteiger partial charge in [-0.2, -0.15) is 0 Å². The summed E-state index contributed by atoms with van der Waals surface area (Å²) in [7, 11) is 0. The second-order valence-corrected chi connectivity index (χ2v) is 8.26. The van der Waals surface area contributed by atoms with E-state index in [-0.39, 0.29) is 47.9 Å². The van der Waals surface area contributed by atoms with Gasteiger partial charge in [-0.25, -0.2) is 4.98 Å². The van der Waals surface area contributed by atoms with Crippen LogP contribution in [0.4, 0.5) is 5.82 Å². The summed E-state index contributed by atoms with van der Waals surface area (Å²) in [4.78, 5) is 45.5. The number of allylic oxidation sites excluding steroid dienone is 2. The molecule has 0 spiro atoms. The molecule has 4 atom stereocenters. The van der Waals surface area contributed by atoms with Gasteiger partial charge < -0.3 is 10.2 Å². The highest BCUT2D eigenvalue weighted by atomic mass is 16.2. The van der Waals surface area contributed by atoms with Gasteiger partial charge >= 0.3 is 0 Å². The maximum atomic E-state index is 12.6. The second-order valence-electron chi connectivity index (χ2n) is 8.26. The average Bonchev–Trinajstić information content (AvgIpc) is 3.49. The van der Waals surface area contributed by atoms with Crippen LogP contribution in [0.1, 0.15) is 24.8 Å². The van der Waals surface area contributed by atoms with Crippen LogP contribution in [-0.4, -0.2) is 47.2 Å². The first-order valence-corrected chi connectivity index (χ1v) is 10.1. The molecule has 28 heavy (non-hydrogen) atoms. The Morgan fingerprint density at radius 1 is 1.07 bits per heavy atom. The van der Waals surface area contributed by atoms with E-state index >= 15 is 0 Å². The van der Waals surface area contributed by atoms with E-state index in [2.05, 4.69) is 27.4 Å². The number of hydrogen-bond acceptors (Lipinski definition) is 5. The fourth-order valence-corrected chi connectivity index (χ4v) is 5.17. The molecule has 2 bridgehead atoms. The number of fused-ring (bicyclic) bond motifs is 5. The summed E-state index contributed by atoms with van der Waals surface area (Å²) in [5, 5.41) is 2.81. The number of carbonyl (C=O) groups is 3. The SMILES string of the molecule is O=C(CN1C(=O)C2C3C=CC(C3)C2C1=O)NCc1ccc(N2CCCC2)nc1. The zero-order valence-corrected chi connectivity index (χ0v) is 15.7. The molecule has 0 radical (unpaired) electrons. The minimum atomic E-state index is -0.314. The monoisotopic (exact) mass is 380 g/mol. The number of nitrogens with one attached hydrogen (secondary N) is 1. The third-order valence-corrected chi connectivity index (χ3v) is 6.59. The third-order valence-electron chi connectivity index (χ3n) is 6.59. The van der Waals surface area contributed by atoms with E-state index < -0.39 is 0 Å². The van der Waals surface area contributed by atoms with Crippen molar-refractivity contribution < 1.29 is 14.4 Å². The number of carbonyl (C=O) groups excluding carboxylic acids is 3. The molecule has 146 valence electrons. The highest BCUT2D eigenvalue weighted by Crippen LogP contribution is 2.52. The fraction of sp³-hybridized carbons (Fsp3) is 0.524. The number of imide groups is 1. The number of hydrogen-bond donors (Lipinski definition) is 1. The number of likely N-dealkylation sites (tertiary alicyclic amines) is 1. The molecule has 7 nitrogen and oxygen atoms in total. The maximum absolute atomic E-state index is 12.6. The lowest BCUT2D eigenvalue weighted by atomic mass is 9.85. The standard InChI is InChI=1S/C21H24N4O3/c26-17(23-11-13-3-6-16(22-10-13)24-7-1-2-8-24)12-25-20(27)18-14-4-5-15(9-14)19(18)21(25)28/h3-6,10,14-15,18-19H,1-2,7-9,11-12H2,(H,23,26). The van der Waals surface area contributed by atoms with Crippen molar-refractivity contribution in [2.75, 3.05) is 24.5 Å². The van der Waals surface area contributed by atoms with Crippen LogP contribution in [0.2, 0.25) is 0 Å². The molecule has 2 aliphatic carbocycles. The van der Waals surface area contributed by atoms with Crippen LogP contribution in [0.25, 0.3) is 0 Å². The quantitative estimate of drug-likeness (QED) is 0.611. The predicted molar refractivity (Wildman–Crippen MR) is 102 cm³/mol. The molecule has 2 saturated heterocycles. The van der Waals surface area contributed by atoms with Crippen LogP contribution in [0.5, 0.6) is 0 Å². The molecule has 4 aliphatic rings. The van der Waals surface area contributed by atoms with E-state index in [1.165, 1.54) is 12.8 Å². The highest BCUT2D eigenvalue weighted by Gasteiger charge is 2.59. The van der Waals surface area contributed by atoms with Gasteiger partial charge in [0.05, 0.1) is 11.8 Å². The van der Waals surface area contributed by atoms with E-state index in [0.717, 1.165) is 35.8 Å². The Morgan fingerprint density at radius 3 is 2.36 bits per heavy atom. The summed E-state index contributed by atoms with van der Waals surface area (Å²) in [6.07, 6.45) is 9.18.